The maximum Gasteiger partial charge on any atom is 0.407 e. The summed E-state index contributed by atoms with van der Waals surface area (Å²) >= 11 is 5.94. The van der Waals surface area contributed by atoms with Gasteiger partial charge in [-0.3, -0.25) is 10.1 Å². The van der Waals surface area contributed by atoms with Gasteiger partial charge in [0.15, 0.2) is 0 Å². The third-order valence-electron chi connectivity index (χ3n) is 5.27. The first-order chi connectivity index (χ1) is 16.0. The summed E-state index contributed by atoms with van der Waals surface area (Å²) in [5, 5.41) is 13.6. The highest BCUT2D eigenvalue weighted by Crippen LogP contribution is 2.44. The van der Waals surface area contributed by atoms with Crippen LogP contribution in [-0.2, 0) is 4.74 Å². The number of hydrogen-bond donors (Lipinski definition) is 2. The van der Waals surface area contributed by atoms with E-state index in [1.54, 1.807) is 0 Å². The first kappa shape index (κ1) is 22.1. The van der Waals surface area contributed by atoms with Gasteiger partial charge in [0.2, 0.25) is 5.82 Å². The second-order valence-corrected chi connectivity index (χ2v) is 7.65. The molecule has 0 saturated carbocycles. The molecule has 0 fully saturated rings. The van der Waals surface area contributed by atoms with Crippen molar-refractivity contribution in [3.8, 4) is 23.0 Å². The molecule has 0 radical (unpaired) electrons. The topological polar surface area (TPSA) is 120 Å². The minimum Gasteiger partial charge on any atom is -0.449 e. The molecule has 1 amide bonds. The molecule has 3 aromatic rings. The van der Waals surface area contributed by atoms with Gasteiger partial charge >= 0.3 is 11.8 Å². The number of aromatic nitrogens is 1. The number of carbonyl (C=O) groups excluding carboxylic acids is 1. The van der Waals surface area contributed by atoms with Crippen LogP contribution in [0.2, 0.25) is 5.15 Å². The van der Waals surface area contributed by atoms with E-state index < -0.39 is 11.0 Å². The number of halogens is 1. The lowest BCUT2D eigenvalue weighted by atomic mass is 9.98. The molecule has 1 aliphatic carbocycles. The number of nitro groups is 1. The summed E-state index contributed by atoms with van der Waals surface area (Å²) in [5.41, 5.74) is 9.91. The van der Waals surface area contributed by atoms with E-state index in [4.69, 9.17) is 22.1 Å². The van der Waals surface area contributed by atoms with E-state index in [0.717, 1.165) is 22.3 Å². The van der Waals surface area contributed by atoms with Crippen molar-refractivity contribution in [2.24, 2.45) is 0 Å². The van der Waals surface area contributed by atoms with Crippen molar-refractivity contribution in [1.82, 2.24) is 10.3 Å². The molecule has 0 unspecified atom stereocenters. The van der Waals surface area contributed by atoms with Gasteiger partial charge in [0, 0.05) is 24.9 Å². The van der Waals surface area contributed by atoms with E-state index in [1.807, 2.05) is 24.3 Å². The Hall–Kier alpha value is -4.09. The molecule has 0 saturated heterocycles. The zero-order chi connectivity index (χ0) is 23.4. The number of anilines is 1. The Morgan fingerprint density at radius 1 is 1.18 bits per heavy atom. The number of fused-ring (bicyclic) bond motifs is 3. The van der Waals surface area contributed by atoms with E-state index >= 15 is 0 Å². The van der Waals surface area contributed by atoms with E-state index in [-0.39, 0.29) is 41.3 Å². The second kappa shape index (κ2) is 9.59. The average Bonchev–Trinajstić information content (AvgIpc) is 3.12. The van der Waals surface area contributed by atoms with Gasteiger partial charge in [-0.1, -0.05) is 72.0 Å². The first-order valence-electron chi connectivity index (χ1n) is 10.1. The smallest absolute Gasteiger partial charge is 0.407 e. The number of benzene rings is 2. The molecular formula is C24H19ClN4O4. The van der Waals surface area contributed by atoms with Crippen LogP contribution in [0, 0.1) is 22.0 Å². The van der Waals surface area contributed by atoms with Gasteiger partial charge in [-0.05, 0) is 22.3 Å². The molecule has 4 rings (SSSR count). The molecule has 9 heteroatoms. The molecule has 1 heterocycles. The number of amides is 1. The van der Waals surface area contributed by atoms with Crippen molar-refractivity contribution < 1.29 is 14.5 Å². The van der Waals surface area contributed by atoms with E-state index in [1.165, 1.54) is 6.07 Å². The van der Waals surface area contributed by atoms with Crippen LogP contribution in [0.25, 0.3) is 11.1 Å². The zero-order valence-electron chi connectivity index (χ0n) is 17.4. The summed E-state index contributed by atoms with van der Waals surface area (Å²) in [5.74, 6) is 5.22. The van der Waals surface area contributed by atoms with Crippen LogP contribution in [0.15, 0.2) is 54.6 Å². The van der Waals surface area contributed by atoms with Crippen LogP contribution in [0.1, 0.15) is 29.0 Å². The third kappa shape index (κ3) is 4.73. The molecule has 1 aromatic heterocycles. The van der Waals surface area contributed by atoms with Crippen molar-refractivity contribution in [3.05, 3.63) is 86.6 Å². The van der Waals surface area contributed by atoms with Gasteiger partial charge in [0.1, 0.15) is 11.8 Å². The lowest BCUT2D eigenvalue weighted by Gasteiger charge is -2.14. The molecule has 3 N–H and O–H groups in total. The number of nitrogens with two attached hydrogens (primary N) is 1. The Labute approximate surface area is 194 Å². The van der Waals surface area contributed by atoms with Crippen LogP contribution in [0.3, 0.4) is 0 Å². The van der Waals surface area contributed by atoms with Crippen molar-refractivity contribution in [1.29, 1.82) is 0 Å². The second-order valence-electron chi connectivity index (χ2n) is 7.29. The Bertz CT molecular complexity index is 1250. The molecule has 1 aliphatic rings. The van der Waals surface area contributed by atoms with Crippen molar-refractivity contribution in [3.63, 3.8) is 0 Å². The Balaban J connectivity index is 1.31. The van der Waals surface area contributed by atoms with Crippen LogP contribution in [0.5, 0.6) is 0 Å². The highest BCUT2D eigenvalue weighted by atomic mass is 35.5. The highest BCUT2D eigenvalue weighted by molar-refractivity contribution is 6.30. The average molecular weight is 463 g/mol. The van der Waals surface area contributed by atoms with Gasteiger partial charge in [0.25, 0.3) is 0 Å². The lowest BCUT2D eigenvalue weighted by molar-refractivity contribution is -0.384. The summed E-state index contributed by atoms with van der Waals surface area (Å²) in [4.78, 5) is 26.2. The summed E-state index contributed by atoms with van der Waals surface area (Å²) in [7, 11) is 0. The summed E-state index contributed by atoms with van der Waals surface area (Å²) < 4.78 is 5.46. The molecule has 0 atom stereocenters. The molecule has 2 aromatic carbocycles. The fourth-order valence-corrected chi connectivity index (χ4v) is 3.95. The number of nitrogens with zero attached hydrogens (tertiary/aromatic N) is 2. The molecule has 0 bridgehead atoms. The van der Waals surface area contributed by atoms with Crippen LogP contribution in [-0.4, -0.2) is 29.2 Å². The van der Waals surface area contributed by atoms with Gasteiger partial charge < -0.3 is 15.8 Å². The molecule has 33 heavy (non-hydrogen) atoms. The van der Waals surface area contributed by atoms with Gasteiger partial charge in [-0.25, -0.2) is 9.78 Å². The van der Waals surface area contributed by atoms with E-state index in [0.29, 0.717) is 6.42 Å². The fourth-order valence-electron chi connectivity index (χ4n) is 3.76. The maximum absolute atomic E-state index is 12.2. The lowest BCUT2D eigenvalue weighted by Crippen LogP contribution is -2.26. The minimum absolute atomic E-state index is 0.0149. The normalized spacial score (nSPS) is 11.7. The molecule has 0 spiro atoms. The molecule has 8 nitrogen and oxygen atoms in total. The third-order valence-corrected chi connectivity index (χ3v) is 5.56. The van der Waals surface area contributed by atoms with E-state index in [9.17, 15) is 14.9 Å². The number of hydrogen-bond acceptors (Lipinski definition) is 6. The number of carbonyl (C=O) groups is 1. The van der Waals surface area contributed by atoms with E-state index in [2.05, 4.69) is 46.4 Å². The SMILES string of the molecule is Nc1nc(Cl)c(C#CCCNC(=O)OCC2c3ccccc3-c3ccccc32)cc1[N+](=O)[O-]. The van der Waals surface area contributed by atoms with Crippen LogP contribution < -0.4 is 11.1 Å². The predicted molar refractivity (Wildman–Crippen MR) is 125 cm³/mol. The van der Waals surface area contributed by atoms with Crippen LogP contribution in [0.4, 0.5) is 16.3 Å². The Morgan fingerprint density at radius 2 is 1.82 bits per heavy atom. The summed E-state index contributed by atoms with van der Waals surface area (Å²) in [6.45, 7) is 0.466. The number of pyridine rings is 1. The Kier molecular flexibility index (Phi) is 6.43. The molecular weight excluding hydrogens is 444 g/mol. The van der Waals surface area contributed by atoms with Crippen molar-refractivity contribution >= 4 is 29.2 Å². The standard InChI is InChI=1S/C24H19ClN4O4/c25-22-15(13-21(29(31)32)23(26)28-22)7-5-6-12-27-24(30)33-14-20-18-10-3-1-8-16(18)17-9-2-4-11-19(17)20/h1-4,8-11,13,20H,6,12,14H2,(H2,26,28)(H,27,30). The zero-order valence-corrected chi connectivity index (χ0v) is 18.1. The largest absolute Gasteiger partial charge is 0.449 e. The van der Waals surface area contributed by atoms with Crippen molar-refractivity contribution in [2.45, 2.75) is 12.3 Å². The Morgan fingerprint density at radius 3 is 2.45 bits per heavy atom. The van der Waals surface area contributed by atoms with Gasteiger partial charge in [-0.2, -0.15) is 0 Å². The summed E-state index contributed by atoms with van der Waals surface area (Å²) in [6.07, 6.45) is -0.250. The highest BCUT2D eigenvalue weighted by Gasteiger charge is 2.28. The number of rotatable bonds is 5. The fraction of sp³-hybridized carbons (Fsp3) is 0.167. The predicted octanol–water partition coefficient (Wildman–Crippen LogP) is 4.51. The molecule has 0 aliphatic heterocycles. The number of alkyl carbamates (subject to hydrolysis) is 1. The monoisotopic (exact) mass is 462 g/mol. The first-order valence-corrected chi connectivity index (χ1v) is 10.5. The summed E-state index contributed by atoms with van der Waals surface area (Å²) in [6, 6.07) is 17.4. The minimum atomic E-state index is -0.650. The number of ether oxygens (including phenoxy) is 1. The van der Waals surface area contributed by atoms with Gasteiger partial charge in [0.05, 0.1) is 10.5 Å². The van der Waals surface area contributed by atoms with Crippen molar-refractivity contribution in [2.75, 3.05) is 18.9 Å². The van der Waals surface area contributed by atoms with Gasteiger partial charge in [-0.15, -0.1) is 0 Å². The number of nitrogen functional groups attached to an aromatic ring is 1. The number of nitrogens with one attached hydrogen (secondary N) is 1. The quantitative estimate of drug-likeness (QED) is 0.189. The molecule has 166 valence electrons. The maximum atomic E-state index is 12.2. The van der Waals surface area contributed by atoms with Crippen LogP contribution >= 0.6 is 11.6 Å².